The molecule has 7 heteroatoms. The highest BCUT2D eigenvalue weighted by molar-refractivity contribution is 5.92. The first-order valence-corrected chi connectivity index (χ1v) is 8.27. The van der Waals surface area contributed by atoms with Crippen LogP contribution in [0.15, 0.2) is 77.9 Å². The number of pyridine rings is 1. The Morgan fingerprint density at radius 3 is 2.85 bits per heavy atom. The molecule has 0 aliphatic carbocycles. The van der Waals surface area contributed by atoms with E-state index in [0.717, 1.165) is 5.56 Å². The average molecular weight is 362 g/mol. The second-order valence-electron chi connectivity index (χ2n) is 5.82. The summed E-state index contributed by atoms with van der Waals surface area (Å²) < 4.78 is 21.1. The van der Waals surface area contributed by atoms with E-state index in [4.69, 9.17) is 4.42 Å². The molecule has 0 saturated carbocycles. The molecule has 134 valence electrons. The highest BCUT2D eigenvalue weighted by Crippen LogP contribution is 2.24. The van der Waals surface area contributed by atoms with Gasteiger partial charge in [-0.3, -0.25) is 9.36 Å². The summed E-state index contributed by atoms with van der Waals surface area (Å²) in [6.07, 6.45) is 6.77. The zero-order valence-electron chi connectivity index (χ0n) is 14.2. The van der Waals surface area contributed by atoms with Gasteiger partial charge in [-0.1, -0.05) is 12.1 Å². The Hall–Kier alpha value is -3.74. The van der Waals surface area contributed by atoms with Gasteiger partial charge in [0.05, 0.1) is 5.56 Å². The van der Waals surface area contributed by atoms with Crippen molar-refractivity contribution in [1.29, 1.82) is 0 Å². The van der Waals surface area contributed by atoms with Gasteiger partial charge in [0.25, 0.3) is 5.91 Å². The van der Waals surface area contributed by atoms with Crippen molar-refractivity contribution in [2.75, 3.05) is 0 Å². The smallest absolute Gasteiger partial charge is 0.287 e. The van der Waals surface area contributed by atoms with Crippen LogP contribution < -0.4 is 5.32 Å². The Morgan fingerprint density at radius 1 is 1.15 bits per heavy atom. The first-order chi connectivity index (χ1) is 13.2. The van der Waals surface area contributed by atoms with Crippen LogP contribution in [-0.4, -0.2) is 20.4 Å². The first-order valence-electron chi connectivity index (χ1n) is 8.27. The average Bonchev–Trinajstić information content (AvgIpc) is 3.39. The van der Waals surface area contributed by atoms with Gasteiger partial charge in [0.15, 0.2) is 5.76 Å². The van der Waals surface area contributed by atoms with Crippen LogP contribution in [0.2, 0.25) is 0 Å². The molecule has 4 rings (SSSR count). The van der Waals surface area contributed by atoms with Crippen molar-refractivity contribution in [3.05, 3.63) is 90.6 Å². The van der Waals surface area contributed by atoms with Gasteiger partial charge in [-0.2, -0.15) is 0 Å². The number of hydrogen-bond acceptors (Lipinski definition) is 4. The molecule has 3 aromatic heterocycles. The van der Waals surface area contributed by atoms with E-state index in [2.05, 4.69) is 15.3 Å². The Kier molecular flexibility index (Phi) is 4.49. The van der Waals surface area contributed by atoms with E-state index in [1.165, 1.54) is 12.1 Å². The number of furan rings is 1. The summed E-state index contributed by atoms with van der Waals surface area (Å²) in [6.45, 7) is 0.304. The lowest BCUT2D eigenvalue weighted by Gasteiger charge is -2.06. The Balaban J connectivity index is 1.45. The van der Waals surface area contributed by atoms with Gasteiger partial charge in [0.1, 0.15) is 23.7 Å². The molecule has 0 bridgehead atoms. The molecule has 0 aliphatic heterocycles. The number of halogens is 1. The maximum Gasteiger partial charge on any atom is 0.287 e. The van der Waals surface area contributed by atoms with Crippen LogP contribution in [0.4, 0.5) is 4.39 Å². The molecule has 1 amide bonds. The predicted molar refractivity (Wildman–Crippen MR) is 96.6 cm³/mol. The van der Waals surface area contributed by atoms with Gasteiger partial charge in [-0.15, -0.1) is 0 Å². The molecule has 4 aromatic rings. The molecular formula is C20H15FN4O2. The van der Waals surface area contributed by atoms with Crippen molar-refractivity contribution in [3.8, 4) is 17.1 Å². The van der Waals surface area contributed by atoms with E-state index in [9.17, 15) is 9.18 Å². The van der Waals surface area contributed by atoms with Crippen LogP contribution >= 0.6 is 0 Å². The van der Waals surface area contributed by atoms with Crippen LogP contribution in [0.3, 0.4) is 0 Å². The summed E-state index contributed by atoms with van der Waals surface area (Å²) in [5, 5.41) is 2.79. The lowest BCUT2D eigenvalue weighted by Crippen LogP contribution is -2.22. The summed E-state index contributed by atoms with van der Waals surface area (Å²) in [7, 11) is 0. The third-order valence-corrected chi connectivity index (χ3v) is 4.00. The second-order valence-corrected chi connectivity index (χ2v) is 5.82. The fourth-order valence-corrected chi connectivity index (χ4v) is 2.64. The van der Waals surface area contributed by atoms with E-state index in [-0.39, 0.29) is 11.7 Å². The molecule has 27 heavy (non-hydrogen) atoms. The summed E-state index contributed by atoms with van der Waals surface area (Å²) in [6, 6.07) is 13.0. The number of carbonyl (C=O) groups is 1. The molecule has 0 atom stereocenters. The van der Waals surface area contributed by atoms with Crippen LogP contribution in [-0.2, 0) is 6.54 Å². The SMILES string of the molecule is O=C(NCc1ccnc(-n2ccnc2)c1)c1ccc(-c2ccccc2F)o1. The van der Waals surface area contributed by atoms with Crippen molar-refractivity contribution in [3.63, 3.8) is 0 Å². The van der Waals surface area contributed by atoms with Crippen molar-refractivity contribution in [2.24, 2.45) is 0 Å². The summed E-state index contributed by atoms with van der Waals surface area (Å²) in [5.41, 5.74) is 1.19. The first kappa shape index (κ1) is 16.7. The zero-order chi connectivity index (χ0) is 18.6. The van der Waals surface area contributed by atoms with E-state index >= 15 is 0 Å². The molecule has 6 nitrogen and oxygen atoms in total. The lowest BCUT2D eigenvalue weighted by molar-refractivity contribution is 0.0924. The third kappa shape index (κ3) is 3.62. The number of imidazole rings is 1. The number of amides is 1. The minimum absolute atomic E-state index is 0.122. The quantitative estimate of drug-likeness (QED) is 0.589. The van der Waals surface area contributed by atoms with Crippen LogP contribution in [0, 0.1) is 5.82 Å². The standard InChI is InChI=1S/C20H15FN4O2/c21-16-4-2-1-3-15(16)17-5-6-18(27-17)20(26)24-12-14-7-8-23-19(11-14)25-10-9-22-13-25/h1-11,13H,12H2,(H,24,26). The molecule has 0 fully saturated rings. The maximum atomic E-state index is 13.8. The van der Waals surface area contributed by atoms with Gasteiger partial charge in [0, 0.05) is 25.1 Å². The number of benzene rings is 1. The summed E-state index contributed by atoms with van der Waals surface area (Å²) >= 11 is 0. The van der Waals surface area contributed by atoms with Gasteiger partial charge < -0.3 is 9.73 Å². The normalized spacial score (nSPS) is 10.7. The molecule has 0 spiro atoms. The van der Waals surface area contributed by atoms with E-state index in [1.54, 1.807) is 53.8 Å². The van der Waals surface area contributed by atoms with Crippen LogP contribution in [0.25, 0.3) is 17.1 Å². The van der Waals surface area contributed by atoms with Gasteiger partial charge in [0.2, 0.25) is 0 Å². The lowest BCUT2D eigenvalue weighted by atomic mass is 10.1. The third-order valence-electron chi connectivity index (χ3n) is 4.00. The Bertz CT molecular complexity index is 1070. The van der Waals surface area contributed by atoms with Gasteiger partial charge in [-0.25, -0.2) is 14.4 Å². The minimum Gasteiger partial charge on any atom is -0.451 e. The molecular weight excluding hydrogens is 347 g/mol. The molecule has 0 unspecified atom stereocenters. The van der Waals surface area contributed by atoms with Crippen LogP contribution in [0.5, 0.6) is 0 Å². The van der Waals surface area contributed by atoms with Gasteiger partial charge in [-0.05, 0) is 42.0 Å². The molecule has 0 aliphatic rings. The topological polar surface area (TPSA) is 73.0 Å². The molecule has 0 radical (unpaired) electrons. The maximum absolute atomic E-state index is 13.8. The number of carbonyl (C=O) groups excluding carboxylic acids is 1. The molecule has 1 N–H and O–H groups in total. The largest absolute Gasteiger partial charge is 0.451 e. The predicted octanol–water partition coefficient (Wildman–Crippen LogP) is 3.60. The monoisotopic (exact) mass is 362 g/mol. The fourth-order valence-electron chi connectivity index (χ4n) is 2.64. The van der Waals surface area contributed by atoms with Crippen molar-refractivity contribution < 1.29 is 13.6 Å². The van der Waals surface area contributed by atoms with Crippen molar-refractivity contribution >= 4 is 5.91 Å². The summed E-state index contributed by atoms with van der Waals surface area (Å²) in [4.78, 5) is 20.6. The highest BCUT2D eigenvalue weighted by atomic mass is 19.1. The molecule has 0 saturated heterocycles. The van der Waals surface area contributed by atoms with Crippen molar-refractivity contribution in [2.45, 2.75) is 6.54 Å². The number of rotatable bonds is 5. The number of nitrogens with one attached hydrogen (secondary N) is 1. The van der Waals surface area contributed by atoms with Crippen molar-refractivity contribution in [1.82, 2.24) is 19.9 Å². The molecule has 1 aromatic carbocycles. The second kappa shape index (κ2) is 7.25. The van der Waals surface area contributed by atoms with E-state index < -0.39 is 5.82 Å². The highest BCUT2D eigenvalue weighted by Gasteiger charge is 2.14. The summed E-state index contributed by atoms with van der Waals surface area (Å²) in [5.74, 6) is 0.363. The van der Waals surface area contributed by atoms with E-state index in [1.807, 2.05) is 12.1 Å². The minimum atomic E-state index is -0.400. The number of hydrogen-bond donors (Lipinski definition) is 1. The molecule has 3 heterocycles. The van der Waals surface area contributed by atoms with Gasteiger partial charge >= 0.3 is 0 Å². The fraction of sp³-hybridized carbons (Fsp3) is 0.0500. The Labute approximate surface area is 154 Å². The number of aromatic nitrogens is 3. The van der Waals surface area contributed by atoms with E-state index in [0.29, 0.717) is 23.7 Å². The Morgan fingerprint density at radius 2 is 2.04 bits per heavy atom. The van der Waals surface area contributed by atoms with Crippen LogP contribution in [0.1, 0.15) is 16.1 Å². The zero-order valence-corrected chi connectivity index (χ0v) is 14.2. The number of nitrogens with zero attached hydrogens (tertiary/aromatic N) is 3.